The summed E-state index contributed by atoms with van der Waals surface area (Å²) >= 11 is 1.57. The maximum absolute atomic E-state index is 11.7. The number of aromatic nitrogens is 1. The molecule has 0 radical (unpaired) electrons. The normalized spacial score (nSPS) is 13.6. The summed E-state index contributed by atoms with van der Waals surface area (Å²) < 4.78 is 0. The summed E-state index contributed by atoms with van der Waals surface area (Å²) in [5.41, 5.74) is 0. The second kappa shape index (κ2) is 7.84. The first-order valence-electron chi connectivity index (χ1n) is 6.69. The molecule has 2 atom stereocenters. The van der Waals surface area contributed by atoms with E-state index in [0.29, 0.717) is 6.42 Å². The van der Waals surface area contributed by atoms with Crippen molar-refractivity contribution in [2.24, 2.45) is 5.92 Å². The highest BCUT2D eigenvalue weighted by atomic mass is 32.1. The first-order chi connectivity index (χ1) is 9.47. The van der Waals surface area contributed by atoms with Gasteiger partial charge in [-0.3, -0.25) is 4.79 Å². The number of carbonyl (C=O) groups is 2. The topological polar surface area (TPSA) is 91.3 Å². The minimum Gasteiger partial charge on any atom is -0.481 e. The number of aliphatic carboxylic acids is 1. The van der Waals surface area contributed by atoms with Gasteiger partial charge < -0.3 is 15.7 Å². The summed E-state index contributed by atoms with van der Waals surface area (Å²) in [6.07, 6.45) is 3.22. The fourth-order valence-corrected chi connectivity index (χ4v) is 2.48. The summed E-state index contributed by atoms with van der Waals surface area (Å²) in [6.45, 7) is 5.82. The highest BCUT2D eigenvalue weighted by Gasteiger charge is 2.17. The molecule has 0 aliphatic carbocycles. The molecule has 2 amide bonds. The van der Waals surface area contributed by atoms with Gasteiger partial charge in [0.2, 0.25) is 0 Å². The lowest BCUT2D eigenvalue weighted by Crippen LogP contribution is -2.40. The lowest BCUT2D eigenvalue weighted by molar-refractivity contribution is -0.141. The van der Waals surface area contributed by atoms with E-state index in [9.17, 15) is 9.59 Å². The Kier molecular flexibility index (Phi) is 6.44. The van der Waals surface area contributed by atoms with Crippen molar-refractivity contribution in [1.29, 1.82) is 0 Å². The molecule has 7 heteroatoms. The van der Waals surface area contributed by atoms with Crippen molar-refractivity contribution in [2.75, 3.05) is 6.54 Å². The fraction of sp³-hybridized carbons (Fsp3) is 0.615. The molecule has 0 aliphatic heterocycles. The van der Waals surface area contributed by atoms with Crippen molar-refractivity contribution in [3.63, 3.8) is 0 Å². The van der Waals surface area contributed by atoms with E-state index in [1.807, 2.05) is 13.1 Å². The molecule has 3 N–H and O–H groups in total. The van der Waals surface area contributed by atoms with E-state index in [2.05, 4.69) is 22.5 Å². The standard InChI is InChI=1S/C13H21N3O3S/c1-4-9(12(17)18)6-15-13(19)16-8(3)11-14-7-10(5-2)20-11/h7-9H,4-6H2,1-3H3,(H,17,18)(H2,15,16,19). The van der Waals surface area contributed by atoms with Gasteiger partial charge in [0.05, 0.1) is 12.0 Å². The zero-order valence-electron chi connectivity index (χ0n) is 12.0. The van der Waals surface area contributed by atoms with Crippen LogP contribution >= 0.6 is 11.3 Å². The van der Waals surface area contributed by atoms with E-state index in [1.54, 1.807) is 18.3 Å². The molecule has 2 unspecified atom stereocenters. The molecule has 1 heterocycles. The summed E-state index contributed by atoms with van der Waals surface area (Å²) in [6, 6.07) is -0.560. The third kappa shape index (κ3) is 4.80. The molecule has 6 nitrogen and oxygen atoms in total. The average molecular weight is 299 g/mol. The molecule has 1 rings (SSSR count). The summed E-state index contributed by atoms with van der Waals surface area (Å²) in [5.74, 6) is -1.45. The number of aryl methyl sites for hydroxylation is 1. The number of carboxylic acid groups (broad SMARTS) is 1. The van der Waals surface area contributed by atoms with Gasteiger partial charge in [0.1, 0.15) is 5.01 Å². The highest BCUT2D eigenvalue weighted by molar-refractivity contribution is 7.11. The molecular formula is C13H21N3O3S. The number of carboxylic acids is 1. The first-order valence-corrected chi connectivity index (χ1v) is 7.51. The van der Waals surface area contributed by atoms with E-state index < -0.39 is 11.9 Å². The summed E-state index contributed by atoms with van der Waals surface area (Å²) in [7, 11) is 0. The maximum Gasteiger partial charge on any atom is 0.315 e. The number of thiazole rings is 1. The van der Waals surface area contributed by atoms with E-state index in [-0.39, 0.29) is 18.6 Å². The lowest BCUT2D eigenvalue weighted by Gasteiger charge is -2.14. The van der Waals surface area contributed by atoms with Crippen molar-refractivity contribution in [1.82, 2.24) is 15.6 Å². The maximum atomic E-state index is 11.7. The average Bonchev–Trinajstić information content (AvgIpc) is 2.87. The van der Waals surface area contributed by atoms with Crippen LogP contribution in [0.5, 0.6) is 0 Å². The molecular weight excluding hydrogens is 278 g/mol. The molecule has 0 saturated heterocycles. The number of amides is 2. The van der Waals surface area contributed by atoms with Crippen LogP contribution in [-0.2, 0) is 11.2 Å². The van der Waals surface area contributed by atoms with Gasteiger partial charge in [-0.25, -0.2) is 9.78 Å². The zero-order valence-corrected chi connectivity index (χ0v) is 12.8. The van der Waals surface area contributed by atoms with Gasteiger partial charge in [0, 0.05) is 17.6 Å². The van der Waals surface area contributed by atoms with Crippen molar-refractivity contribution in [3.8, 4) is 0 Å². The largest absolute Gasteiger partial charge is 0.481 e. The minimum absolute atomic E-state index is 0.127. The molecule has 20 heavy (non-hydrogen) atoms. The molecule has 0 saturated carbocycles. The van der Waals surface area contributed by atoms with E-state index >= 15 is 0 Å². The molecule has 112 valence electrons. The van der Waals surface area contributed by atoms with Crippen molar-refractivity contribution >= 4 is 23.3 Å². The first kappa shape index (κ1) is 16.4. The fourth-order valence-electron chi connectivity index (χ4n) is 1.62. The number of urea groups is 1. The van der Waals surface area contributed by atoms with Crippen molar-refractivity contribution in [2.45, 2.75) is 39.7 Å². The predicted octanol–water partition coefficient (Wildman–Crippen LogP) is 2.18. The van der Waals surface area contributed by atoms with Gasteiger partial charge >= 0.3 is 12.0 Å². The van der Waals surface area contributed by atoms with Crippen molar-refractivity contribution < 1.29 is 14.7 Å². The number of nitrogens with zero attached hydrogens (tertiary/aromatic N) is 1. The number of nitrogens with one attached hydrogen (secondary N) is 2. The van der Waals surface area contributed by atoms with Crippen LogP contribution in [0.25, 0.3) is 0 Å². The molecule has 0 aromatic carbocycles. The summed E-state index contributed by atoms with van der Waals surface area (Å²) in [5, 5.41) is 15.1. The van der Waals surface area contributed by atoms with Gasteiger partial charge in [0.25, 0.3) is 0 Å². The smallest absolute Gasteiger partial charge is 0.315 e. The quantitative estimate of drug-likeness (QED) is 0.719. The molecule has 0 bridgehead atoms. The van der Waals surface area contributed by atoms with Crippen LogP contribution in [-0.4, -0.2) is 28.6 Å². The minimum atomic E-state index is -0.895. The Morgan fingerprint density at radius 3 is 2.65 bits per heavy atom. The Hall–Kier alpha value is -1.63. The van der Waals surface area contributed by atoms with Gasteiger partial charge in [-0.15, -0.1) is 11.3 Å². The Morgan fingerprint density at radius 1 is 1.45 bits per heavy atom. The second-order valence-corrected chi connectivity index (χ2v) is 5.68. The van der Waals surface area contributed by atoms with Gasteiger partial charge in [0.15, 0.2) is 0 Å². The second-order valence-electron chi connectivity index (χ2n) is 4.54. The highest BCUT2D eigenvalue weighted by Crippen LogP contribution is 2.19. The van der Waals surface area contributed by atoms with E-state index in [4.69, 9.17) is 5.11 Å². The Bertz CT molecular complexity index is 461. The Labute approximate surface area is 122 Å². The van der Waals surface area contributed by atoms with E-state index in [1.165, 1.54) is 4.88 Å². The number of rotatable bonds is 7. The molecule has 0 spiro atoms. The van der Waals surface area contributed by atoms with Crippen LogP contribution in [0.15, 0.2) is 6.20 Å². The lowest BCUT2D eigenvalue weighted by atomic mass is 10.1. The van der Waals surface area contributed by atoms with Crippen LogP contribution in [0.4, 0.5) is 4.79 Å². The van der Waals surface area contributed by atoms with Gasteiger partial charge in [-0.05, 0) is 19.8 Å². The van der Waals surface area contributed by atoms with E-state index in [0.717, 1.165) is 11.4 Å². The van der Waals surface area contributed by atoms with Crippen LogP contribution in [0.1, 0.15) is 43.1 Å². The number of hydrogen-bond donors (Lipinski definition) is 3. The zero-order chi connectivity index (χ0) is 15.1. The van der Waals surface area contributed by atoms with Crippen LogP contribution in [0, 0.1) is 5.92 Å². The van der Waals surface area contributed by atoms with Gasteiger partial charge in [-0.2, -0.15) is 0 Å². The monoisotopic (exact) mass is 299 g/mol. The number of carbonyl (C=O) groups excluding carboxylic acids is 1. The number of hydrogen-bond acceptors (Lipinski definition) is 4. The summed E-state index contributed by atoms with van der Waals surface area (Å²) in [4.78, 5) is 28.0. The van der Waals surface area contributed by atoms with Crippen LogP contribution < -0.4 is 10.6 Å². The Balaban J connectivity index is 2.43. The SMILES string of the molecule is CCc1cnc(C(C)NC(=O)NCC(CC)C(=O)O)s1. The molecule has 1 aromatic heterocycles. The Morgan fingerprint density at radius 2 is 2.15 bits per heavy atom. The van der Waals surface area contributed by atoms with Gasteiger partial charge in [-0.1, -0.05) is 13.8 Å². The predicted molar refractivity (Wildman–Crippen MR) is 77.9 cm³/mol. The van der Waals surface area contributed by atoms with Crippen molar-refractivity contribution in [3.05, 3.63) is 16.1 Å². The third-order valence-corrected chi connectivity index (χ3v) is 4.31. The third-order valence-electron chi connectivity index (χ3n) is 2.99. The molecule has 0 fully saturated rings. The molecule has 1 aromatic rings. The molecule has 0 aliphatic rings. The van der Waals surface area contributed by atoms with Crippen LogP contribution in [0.2, 0.25) is 0 Å². The van der Waals surface area contributed by atoms with Crippen LogP contribution in [0.3, 0.4) is 0 Å².